The number of nitrogens with zero attached hydrogens (tertiary/aromatic N) is 4. The van der Waals surface area contributed by atoms with Crippen molar-refractivity contribution < 1.29 is 14.0 Å². The molecule has 0 atom stereocenters. The van der Waals surface area contributed by atoms with Gasteiger partial charge in [0.2, 0.25) is 5.91 Å². The Labute approximate surface area is 198 Å². The van der Waals surface area contributed by atoms with Crippen LogP contribution >= 0.6 is 0 Å². The number of rotatable bonds is 4. The quantitative estimate of drug-likeness (QED) is 0.465. The molecule has 0 unspecified atom stereocenters. The number of carbonyl (C=O) groups is 2. The molecule has 4 aromatic rings. The number of hydrogen-bond donors (Lipinski definition) is 0. The molecule has 3 aromatic heterocycles. The minimum Gasteiger partial charge on any atom is -0.459 e. The molecule has 7 heteroatoms. The minimum absolute atomic E-state index is 0.0394. The van der Waals surface area contributed by atoms with Crippen LogP contribution < -0.4 is 0 Å². The van der Waals surface area contributed by atoms with Crippen molar-refractivity contribution in [3.63, 3.8) is 0 Å². The Hall–Kier alpha value is -3.87. The van der Waals surface area contributed by atoms with Gasteiger partial charge in [0.25, 0.3) is 5.91 Å². The van der Waals surface area contributed by atoms with Gasteiger partial charge in [-0.15, -0.1) is 0 Å². The average Bonchev–Trinajstić information content (AvgIpc) is 3.49. The summed E-state index contributed by atoms with van der Waals surface area (Å²) in [7, 11) is 0. The van der Waals surface area contributed by atoms with E-state index in [-0.39, 0.29) is 18.2 Å². The second kappa shape index (κ2) is 8.82. The van der Waals surface area contributed by atoms with Crippen molar-refractivity contribution >= 4 is 17.5 Å². The highest BCUT2D eigenvalue weighted by Gasteiger charge is 2.27. The van der Waals surface area contributed by atoms with E-state index in [2.05, 4.69) is 32.0 Å². The number of aromatic nitrogens is 2. The Morgan fingerprint density at radius 3 is 2.41 bits per heavy atom. The van der Waals surface area contributed by atoms with Crippen LogP contribution in [0.2, 0.25) is 0 Å². The van der Waals surface area contributed by atoms with Crippen LogP contribution in [0.3, 0.4) is 0 Å². The van der Waals surface area contributed by atoms with E-state index in [1.807, 2.05) is 34.6 Å². The Kier molecular flexibility index (Phi) is 5.69. The second-order valence-corrected chi connectivity index (χ2v) is 8.97. The van der Waals surface area contributed by atoms with Crippen LogP contribution in [0, 0.1) is 20.8 Å². The summed E-state index contributed by atoms with van der Waals surface area (Å²) >= 11 is 0. The minimum atomic E-state index is -0.133. The van der Waals surface area contributed by atoms with Crippen molar-refractivity contribution in [2.45, 2.75) is 27.2 Å². The zero-order valence-corrected chi connectivity index (χ0v) is 19.7. The molecule has 1 fully saturated rings. The molecule has 174 valence electrons. The molecule has 0 aliphatic carbocycles. The standard InChI is InChI=1S/C27H28N4O3/c1-18-8-9-31-22(26(28-24(31)15-18)21-7-6-19(2)20(3)16-21)17-25(32)29-10-12-30(13-11-29)27(33)23-5-4-14-34-23/h4-9,14-16H,10-13,17H2,1-3H3. The van der Waals surface area contributed by atoms with Crippen molar-refractivity contribution in [2.24, 2.45) is 0 Å². The van der Waals surface area contributed by atoms with Crippen LogP contribution in [0.25, 0.3) is 16.9 Å². The van der Waals surface area contributed by atoms with E-state index in [0.29, 0.717) is 31.9 Å². The van der Waals surface area contributed by atoms with Crippen molar-refractivity contribution in [3.8, 4) is 11.3 Å². The number of imidazole rings is 1. The Bertz CT molecular complexity index is 1360. The van der Waals surface area contributed by atoms with Crippen molar-refractivity contribution in [1.29, 1.82) is 0 Å². The van der Waals surface area contributed by atoms with E-state index in [4.69, 9.17) is 9.40 Å². The highest BCUT2D eigenvalue weighted by atomic mass is 16.3. The molecule has 1 aliphatic rings. The third-order valence-electron chi connectivity index (χ3n) is 6.63. The molecular weight excluding hydrogens is 428 g/mol. The Morgan fingerprint density at radius 2 is 1.71 bits per heavy atom. The van der Waals surface area contributed by atoms with E-state index in [9.17, 15) is 9.59 Å². The highest BCUT2D eigenvalue weighted by molar-refractivity contribution is 5.91. The average molecular weight is 457 g/mol. The number of hydrogen-bond acceptors (Lipinski definition) is 4. The first-order valence-corrected chi connectivity index (χ1v) is 11.6. The number of benzene rings is 1. The molecule has 7 nitrogen and oxygen atoms in total. The van der Waals surface area contributed by atoms with Gasteiger partial charge in [-0.3, -0.25) is 9.59 Å². The summed E-state index contributed by atoms with van der Waals surface area (Å²) in [6, 6.07) is 13.8. The number of amides is 2. The number of aryl methyl sites for hydroxylation is 3. The predicted molar refractivity (Wildman–Crippen MR) is 130 cm³/mol. The van der Waals surface area contributed by atoms with Crippen LogP contribution in [-0.4, -0.2) is 57.2 Å². The monoisotopic (exact) mass is 456 g/mol. The maximum Gasteiger partial charge on any atom is 0.289 e. The molecule has 4 heterocycles. The third-order valence-corrected chi connectivity index (χ3v) is 6.63. The number of pyridine rings is 1. The molecular formula is C27H28N4O3. The van der Waals surface area contributed by atoms with Gasteiger partial charge in [0.05, 0.1) is 24.1 Å². The summed E-state index contributed by atoms with van der Waals surface area (Å²) in [6.45, 7) is 8.20. The topological polar surface area (TPSA) is 71.1 Å². The summed E-state index contributed by atoms with van der Waals surface area (Å²) in [5, 5.41) is 0. The largest absolute Gasteiger partial charge is 0.459 e. The number of carbonyl (C=O) groups excluding carboxylic acids is 2. The smallest absolute Gasteiger partial charge is 0.289 e. The first-order valence-electron chi connectivity index (χ1n) is 11.6. The van der Waals surface area contributed by atoms with Gasteiger partial charge in [-0.25, -0.2) is 4.98 Å². The van der Waals surface area contributed by atoms with Crippen molar-refractivity contribution in [2.75, 3.05) is 26.2 Å². The fraction of sp³-hybridized carbons (Fsp3) is 0.296. The van der Waals surface area contributed by atoms with Gasteiger partial charge in [-0.2, -0.15) is 0 Å². The Balaban J connectivity index is 1.38. The molecule has 2 amide bonds. The van der Waals surface area contributed by atoms with Gasteiger partial charge in [0, 0.05) is 37.9 Å². The van der Waals surface area contributed by atoms with Gasteiger partial charge in [-0.05, 0) is 67.8 Å². The molecule has 5 rings (SSSR count). The normalized spacial score (nSPS) is 14.1. The summed E-state index contributed by atoms with van der Waals surface area (Å²) in [5.41, 5.74) is 7.12. The van der Waals surface area contributed by atoms with Crippen LogP contribution in [0.15, 0.2) is 59.3 Å². The zero-order valence-electron chi connectivity index (χ0n) is 19.7. The molecule has 1 aromatic carbocycles. The molecule has 0 bridgehead atoms. The van der Waals surface area contributed by atoms with Gasteiger partial charge in [0.15, 0.2) is 5.76 Å². The van der Waals surface area contributed by atoms with E-state index in [0.717, 1.165) is 28.2 Å². The molecule has 0 saturated carbocycles. The van der Waals surface area contributed by atoms with E-state index < -0.39 is 0 Å². The highest BCUT2D eigenvalue weighted by Crippen LogP contribution is 2.28. The SMILES string of the molecule is Cc1ccn2c(CC(=O)N3CCN(C(=O)c4ccco4)CC3)c(-c3ccc(C)c(C)c3)nc2c1. The van der Waals surface area contributed by atoms with Crippen molar-refractivity contribution in [1.82, 2.24) is 19.2 Å². The molecule has 0 spiro atoms. The van der Waals surface area contributed by atoms with Gasteiger partial charge in [-0.1, -0.05) is 12.1 Å². The fourth-order valence-electron chi connectivity index (χ4n) is 4.46. The van der Waals surface area contributed by atoms with Crippen molar-refractivity contribution in [3.05, 3.63) is 83.1 Å². The summed E-state index contributed by atoms with van der Waals surface area (Å²) in [6.07, 6.45) is 3.74. The maximum absolute atomic E-state index is 13.3. The third kappa shape index (κ3) is 4.09. The molecule has 1 saturated heterocycles. The van der Waals surface area contributed by atoms with Gasteiger partial charge < -0.3 is 18.6 Å². The van der Waals surface area contributed by atoms with Crippen LogP contribution in [0.5, 0.6) is 0 Å². The van der Waals surface area contributed by atoms with Gasteiger partial charge >= 0.3 is 0 Å². The molecule has 0 radical (unpaired) electrons. The zero-order chi connectivity index (χ0) is 23.8. The number of furan rings is 1. The Morgan fingerprint density at radius 1 is 0.941 bits per heavy atom. The first-order chi connectivity index (χ1) is 16.4. The molecule has 1 aliphatic heterocycles. The van der Waals surface area contributed by atoms with Crippen LogP contribution in [0.1, 0.15) is 32.9 Å². The molecule has 0 N–H and O–H groups in total. The summed E-state index contributed by atoms with van der Waals surface area (Å²) < 4.78 is 7.25. The van der Waals surface area contributed by atoms with Crippen LogP contribution in [-0.2, 0) is 11.2 Å². The van der Waals surface area contributed by atoms with Crippen LogP contribution in [0.4, 0.5) is 0 Å². The fourth-order valence-corrected chi connectivity index (χ4v) is 4.46. The summed E-state index contributed by atoms with van der Waals surface area (Å²) in [5.74, 6) is 0.239. The lowest BCUT2D eigenvalue weighted by Crippen LogP contribution is -2.51. The second-order valence-electron chi connectivity index (χ2n) is 8.97. The molecule has 34 heavy (non-hydrogen) atoms. The van der Waals surface area contributed by atoms with Gasteiger partial charge in [0.1, 0.15) is 5.65 Å². The number of piperazine rings is 1. The lowest BCUT2D eigenvalue weighted by atomic mass is 10.0. The van der Waals surface area contributed by atoms with E-state index in [1.165, 1.54) is 17.4 Å². The predicted octanol–water partition coefficient (Wildman–Crippen LogP) is 4.05. The lowest BCUT2D eigenvalue weighted by Gasteiger charge is -2.34. The lowest BCUT2D eigenvalue weighted by molar-refractivity contribution is -0.132. The maximum atomic E-state index is 13.3. The number of fused-ring (bicyclic) bond motifs is 1. The van der Waals surface area contributed by atoms with E-state index in [1.54, 1.807) is 17.0 Å². The van der Waals surface area contributed by atoms with E-state index >= 15 is 0 Å². The summed E-state index contributed by atoms with van der Waals surface area (Å²) in [4.78, 5) is 34.4. The first kappa shape index (κ1) is 21.9.